The van der Waals surface area contributed by atoms with E-state index in [1.807, 2.05) is 0 Å². The van der Waals surface area contributed by atoms with Crippen molar-refractivity contribution in [3.63, 3.8) is 0 Å². The van der Waals surface area contributed by atoms with Crippen molar-refractivity contribution < 1.29 is 10.0 Å². The molecule has 104 valence electrons. The van der Waals surface area contributed by atoms with Crippen LogP contribution in [-0.4, -0.2) is 23.0 Å². The van der Waals surface area contributed by atoms with Gasteiger partial charge in [0.15, 0.2) is 5.84 Å². The van der Waals surface area contributed by atoms with Gasteiger partial charge < -0.3 is 16.3 Å². The SMILES string of the molecule is CCCC(CC)NC(=O)C1(C(N)=NO)CCCC1. The maximum atomic E-state index is 12.4. The van der Waals surface area contributed by atoms with E-state index in [2.05, 4.69) is 24.3 Å². The van der Waals surface area contributed by atoms with Crippen molar-refractivity contribution in [2.45, 2.75) is 64.8 Å². The molecule has 0 aromatic rings. The van der Waals surface area contributed by atoms with E-state index in [0.717, 1.165) is 32.1 Å². The summed E-state index contributed by atoms with van der Waals surface area (Å²) in [6.07, 6.45) is 6.17. The van der Waals surface area contributed by atoms with Gasteiger partial charge in [-0.3, -0.25) is 4.79 Å². The monoisotopic (exact) mass is 255 g/mol. The summed E-state index contributed by atoms with van der Waals surface area (Å²) in [4.78, 5) is 12.4. The van der Waals surface area contributed by atoms with Gasteiger partial charge in [-0.25, -0.2) is 0 Å². The van der Waals surface area contributed by atoms with E-state index in [4.69, 9.17) is 10.9 Å². The van der Waals surface area contributed by atoms with Crippen LogP contribution in [0, 0.1) is 5.41 Å². The smallest absolute Gasteiger partial charge is 0.234 e. The zero-order valence-corrected chi connectivity index (χ0v) is 11.4. The van der Waals surface area contributed by atoms with Gasteiger partial charge in [0.1, 0.15) is 5.41 Å². The third kappa shape index (κ3) is 2.94. The number of hydrogen-bond acceptors (Lipinski definition) is 3. The molecule has 4 N–H and O–H groups in total. The molecule has 1 saturated carbocycles. The van der Waals surface area contributed by atoms with Crippen molar-refractivity contribution in [1.29, 1.82) is 0 Å². The Labute approximate surface area is 109 Å². The summed E-state index contributed by atoms with van der Waals surface area (Å²) in [5.41, 5.74) is 4.96. The van der Waals surface area contributed by atoms with E-state index in [0.29, 0.717) is 12.8 Å². The van der Waals surface area contributed by atoms with E-state index >= 15 is 0 Å². The fourth-order valence-corrected chi connectivity index (χ4v) is 2.72. The average molecular weight is 255 g/mol. The third-order valence-corrected chi connectivity index (χ3v) is 3.95. The van der Waals surface area contributed by atoms with E-state index in [-0.39, 0.29) is 17.8 Å². The second-order valence-corrected chi connectivity index (χ2v) is 5.14. The Bertz CT molecular complexity index is 309. The highest BCUT2D eigenvalue weighted by molar-refractivity contribution is 6.07. The van der Waals surface area contributed by atoms with Gasteiger partial charge in [-0.05, 0) is 25.7 Å². The molecule has 0 aromatic carbocycles. The van der Waals surface area contributed by atoms with Crippen molar-refractivity contribution in [3.8, 4) is 0 Å². The molecule has 0 radical (unpaired) electrons. The zero-order valence-electron chi connectivity index (χ0n) is 11.4. The molecule has 5 nitrogen and oxygen atoms in total. The largest absolute Gasteiger partial charge is 0.409 e. The first-order chi connectivity index (χ1) is 8.60. The predicted molar refractivity (Wildman–Crippen MR) is 71.4 cm³/mol. The first-order valence-electron chi connectivity index (χ1n) is 6.89. The number of carbonyl (C=O) groups excluding carboxylic acids is 1. The van der Waals surface area contributed by atoms with Crippen LogP contribution >= 0.6 is 0 Å². The molecule has 1 amide bonds. The highest BCUT2D eigenvalue weighted by Crippen LogP contribution is 2.38. The number of oxime groups is 1. The van der Waals surface area contributed by atoms with Crippen molar-refractivity contribution in [1.82, 2.24) is 5.32 Å². The normalized spacial score (nSPS) is 20.7. The molecule has 0 spiro atoms. The van der Waals surface area contributed by atoms with Crippen LogP contribution in [0.5, 0.6) is 0 Å². The average Bonchev–Trinajstić information content (AvgIpc) is 2.87. The molecule has 1 fully saturated rings. The van der Waals surface area contributed by atoms with E-state index in [1.54, 1.807) is 0 Å². The van der Waals surface area contributed by atoms with E-state index in [9.17, 15) is 4.79 Å². The standard InChI is InChI=1S/C13H25N3O2/c1-3-7-10(4-2)15-12(17)13(11(14)16-18)8-5-6-9-13/h10,18H,3-9H2,1-2H3,(H2,14,16)(H,15,17). The van der Waals surface area contributed by atoms with Gasteiger partial charge >= 0.3 is 0 Å². The Morgan fingerprint density at radius 3 is 2.50 bits per heavy atom. The summed E-state index contributed by atoms with van der Waals surface area (Å²) in [5.74, 6) is -0.0144. The molecule has 1 aliphatic carbocycles. The van der Waals surface area contributed by atoms with Gasteiger partial charge in [-0.1, -0.05) is 38.3 Å². The van der Waals surface area contributed by atoms with Crippen LogP contribution in [0.3, 0.4) is 0 Å². The number of nitrogens with two attached hydrogens (primary N) is 1. The van der Waals surface area contributed by atoms with Crippen molar-refractivity contribution in [3.05, 3.63) is 0 Å². The van der Waals surface area contributed by atoms with Crippen LogP contribution in [0.1, 0.15) is 58.8 Å². The molecule has 1 aliphatic rings. The molecule has 18 heavy (non-hydrogen) atoms. The lowest BCUT2D eigenvalue weighted by Gasteiger charge is -2.28. The number of hydrogen-bond donors (Lipinski definition) is 3. The summed E-state index contributed by atoms with van der Waals surface area (Å²) in [6.45, 7) is 4.16. The number of nitrogens with zero attached hydrogens (tertiary/aromatic N) is 1. The second-order valence-electron chi connectivity index (χ2n) is 5.14. The number of carbonyl (C=O) groups is 1. The lowest BCUT2D eigenvalue weighted by Crippen LogP contribution is -2.50. The first-order valence-corrected chi connectivity index (χ1v) is 6.89. The Kier molecular flexibility index (Phi) is 5.44. The van der Waals surface area contributed by atoms with Crippen molar-refractivity contribution in [2.24, 2.45) is 16.3 Å². The molecule has 0 aromatic heterocycles. The summed E-state index contributed by atoms with van der Waals surface area (Å²) in [7, 11) is 0. The molecular formula is C13H25N3O2. The minimum absolute atomic E-state index is 0.0591. The molecule has 5 heteroatoms. The highest BCUT2D eigenvalue weighted by atomic mass is 16.4. The predicted octanol–water partition coefficient (Wildman–Crippen LogP) is 1.99. The lowest BCUT2D eigenvalue weighted by molar-refractivity contribution is -0.128. The maximum absolute atomic E-state index is 12.4. The van der Waals surface area contributed by atoms with Crippen molar-refractivity contribution in [2.75, 3.05) is 0 Å². The van der Waals surface area contributed by atoms with Crippen LogP contribution in [0.2, 0.25) is 0 Å². The Balaban J connectivity index is 2.78. The van der Waals surface area contributed by atoms with Gasteiger partial charge in [0.25, 0.3) is 0 Å². The minimum atomic E-state index is -0.782. The quantitative estimate of drug-likeness (QED) is 0.293. The van der Waals surface area contributed by atoms with Gasteiger partial charge in [0, 0.05) is 6.04 Å². The molecule has 1 unspecified atom stereocenters. The van der Waals surface area contributed by atoms with Gasteiger partial charge in [-0.2, -0.15) is 0 Å². The van der Waals surface area contributed by atoms with E-state index < -0.39 is 5.41 Å². The molecule has 0 bridgehead atoms. The van der Waals surface area contributed by atoms with Gasteiger partial charge in [0.05, 0.1) is 0 Å². The van der Waals surface area contributed by atoms with Crippen LogP contribution in [0.25, 0.3) is 0 Å². The van der Waals surface area contributed by atoms with Crippen LogP contribution < -0.4 is 11.1 Å². The lowest BCUT2D eigenvalue weighted by atomic mass is 9.83. The third-order valence-electron chi connectivity index (χ3n) is 3.95. The number of rotatable bonds is 6. The summed E-state index contributed by atoms with van der Waals surface area (Å²) in [6, 6.07) is 0.187. The number of amides is 1. The summed E-state index contributed by atoms with van der Waals surface area (Å²) in [5, 5.41) is 15.0. The molecule has 0 heterocycles. The van der Waals surface area contributed by atoms with Crippen LogP contribution in [0.4, 0.5) is 0 Å². The Hall–Kier alpha value is -1.26. The zero-order chi connectivity index (χ0) is 13.6. The minimum Gasteiger partial charge on any atom is -0.409 e. The number of nitrogens with one attached hydrogen (secondary N) is 1. The first kappa shape index (κ1) is 14.8. The fraction of sp³-hybridized carbons (Fsp3) is 0.846. The van der Waals surface area contributed by atoms with E-state index in [1.165, 1.54) is 0 Å². The molecule has 1 rings (SSSR count). The highest BCUT2D eigenvalue weighted by Gasteiger charge is 2.45. The second kappa shape index (κ2) is 6.61. The maximum Gasteiger partial charge on any atom is 0.234 e. The Morgan fingerprint density at radius 1 is 1.44 bits per heavy atom. The molecular weight excluding hydrogens is 230 g/mol. The molecule has 0 aliphatic heterocycles. The van der Waals surface area contributed by atoms with Crippen LogP contribution in [0.15, 0.2) is 5.16 Å². The summed E-state index contributed by atoms with van der Waals surface area (Å²) >= 11 is 0. The van der Waals surface area contributed by atoms with Gasteiger partial charge in [0.2, 0.25) is 5.91 Å². The molecule has 0 saturated heterocycles. The molecule has 1 atom stereocenters. The van der Waals surface area contributed by atoms with Gasteiger partial charge in [-0.15, -0.1) is 0 Å². The van der Waals surface area contributed by atoms with Crippen molar-refractivity contribution >= 4 is 11.7 Å². The summed E-state index contributed by atoms with van der Waals surface area (Å²) < 4.78 is 0. The Morgan fingerprint density at radius 2 is 2.06 bits per heavy atom. The topological polar surface area (TPSA) is 87.7 Å². The fourth-order valence-electron chi connectivity index (χ4n) is 2.72. The van der Waals surface area contributed by atoms with Crippen LogP contribution in [-0.2, 0) is 4.79 Å². The number of amidine groups is 1.